The molecule has 2 heterocycles. The number of hydrogen-bond donors (Lipinski definition) is 1. The summed E-state index contributed by atoms with van der Waals surface area (Å²) >= 11 is 0. The highest BCUT2D eigenvalue weighted by atomic mass is 16.5. The number of fused-ring (bicyclic) bond motifs is 1. The molecular weight excluding hydrogens is 480 g/mol. The number of benzene rings is 3. The summed E-state index contributed by atoms with van der Waals surface area (Å²) in [5.74, 6) is -0.104. The second kappa shape index (κ2) is 10.1. The van der Waals surface area contributed by atoms with Crippen molar-refractivity contribution in [3.63, 3.8) is 0 Å². The number of aliphatic hydroxyl groups excluding tert-OH is 1. The monoisotopic (exact) mass is 510 g/mol. The topological polar surface area (TPSA) is 81.0 Å². The zero-order valence-electron chi connectivity index (χ0n) is 21.8. The number of aryl methyl sites for hydroxylation is 1. The maximum absolute atomic E-state index is 13.6. The number of nitrogens with zero attached hydrogens (tertiary/aromatic N) is 2. The van der Waals surface area contributed by atoms with Crippen LogP contribution in [0.2, 0.25) is 0 Å². The Morgan fingerprint density at radius 2 is 1.71 bits per heavy atom. The van der Waals surface area contributed by atoms with E-state index in [9.17, 15) is 14.7 Å². The fraction of sp³-hybridized carbons (Fsp3) is 0.226. The van der Waals surface area contributed by atoms with E-state index in [4.69, 9.17) is 9.47 Å². The van der Waals surface area contributed by atoms with Gasteiger partial charge in [-0.25, -0.2) is 0 Å². The Morgan fingerprint density at radius 3 is 2.42 bits per heavy atom. The van der Waals surface area contributed by atoms with E-state index in [-0.39, 0.29) is 11.3 Å². The summed E-state index contributed by atoms with van der Waals surface area (Å²) in [4.78, 5) is 28.5. The van der Waals surface area contributed by atoms with E-state index in [1.807, 2.05) is 42.1 Å². The van der Waals surface area contributed by atoms with E-state index >= 15 is 0 Å². The molecule has 7 nitrogen and oxygen atoms in total. The zero-order valence-corrected chi connectivity index (χ0v) is 21.8. The van der Waals surface area contributed by atoms with Gasteiger partial charge in [-0.15, -0.1) is 0 Å². The normalized spacial score (nSPS) is 17.0. The van der Waals surface area contributed by atoms with E-state index in [0.717, 1.165) is 16.5 Å². The van der Waals surface area contributed by atoms with Crippen molar-refractivity contribution in [3.05, 3.63) is 95.7 Å². The number of hydrogen-bond acceptors (Lipinski definition) is 5. The van der Waals surface area contributed by atoms with Crippen molar-refractivity contribution < 1.29 is 24.2 Å². The molecule has 1 unspecified atom stereocenters. The van der Waals surface area contributed by atoms with Gasteiger partial charge in [-0.3, -0.25) is 14.5 Å². The van der Waals surface area contributed by atoms with Crippen molar-refractivity contribution in [3.8, 4) is 11.5 Å². The second-order valence-electron chi connectivity index (χ2n) is 9.81. The summed E-state index contributed by atoms with van der Waals surface area (Å²) < 4.78 is 13.1. The van der Waals surface area contributed by atoms with Crippen LogP contribution in [-0.4, -0.2) is 35.1 Å². The van der Waals surface area contributed by atoms with E-state index in [0.29, 0.717) is 35.3 Å². The number of amides is 1. The Labute approximate surface area is 221 Å². The molecule has 38 heavy (non-hydrogen) atoms. The van der Waals surface area contributed by atoms with Crippen molar-refractivity contribution in [2.45, 2.75) is 19.9 Å². The highest BCUT2D eigenvalue weighted by molar-refractivity contribution is 6.52. The number of aliphatic hydroxyl groups is 1. The lowest BCUT2D eigenvalue weighted by Gasteiger charge is -2.25. The lowest BCUT2D eigenvalue weighted by atomic mass is 9.94. The molecule has 1 atom stereocenters. The van der Waals surface area contributed by atoms with E-state index in [1.165, 1.54) is 4.90 Å². The summed E-state index contributed by atoms with van der Waals surface area (Å²) in [7, 11) is 3.46. The summed E-state index contributed by atoms with van der Waals surface area (Å²) in [6.45, 7) is 4.70. The van der Waals surface area contributed by atoms with Gasteiger partial charge in [0.15, 0.2) is 0 Å². The van der Waals surface area contributed by atoms with Crippen LogP contribution in [0.15, 0.2) is 84.6 Å². The zero-order chi connectivity index (χ0) is 27.0. The van der Waals surface area contributed by atoms with Crippen LogP contribution < -0.4 is 14.4 Å². The molecule has 1 saturated heterocycles. The lowest BCUT2D eigenvalue weighted by molar-refractivity contribution is -0.132. The molecule has 7 heteroatoms. The van der Waals surface area contributed by atoms with Crippen LogP contribution in [0.25, 0.3) is 16.7 Å². The fourth-order valence-electron chi connectivity index (χ4n) is 4.87. The third-order valence-corrected chi connectivity index (χ3v) is 6.71. The van der Waals surface area contributed by atoms with Crippen molar-refractivity contribution in [2.24, 2.45) is 13.0 Å². The van der Waals surface area contributed by atoms with Gasteiger partial charge in [0.25, 0.3) is 11.7 Å². The first kappa shape index (κ1) is 25.1. The molecule has 1 aromatic heterocycles. The average Bonchev–Trinajstić information content (AvgIpc) is 3.40. The number of carbonyl (C=O) groups is 2. The Morgan fingerprint density at radius 1 is 0.974 bits per heavy atom. The molecule has 1 amide bonds. The van der Waals surface area contributed by atoms with E-state index < -0.39 is 17.7 Å². The minimum Gasteiger partial charge on any atom is -0.507 e. The third kappa shape index (κ3) is 4.41. The highest BCUT2D eigenvalue weighted by Gasteiger charge is 2.48. The Balaban J connectivity index is 1.69. The third-order valence-electron chi connectivity index (χ3n) is 6.71. The number of aromatic nitrogens is 1. The number of methoxy groups -OCH3 is 1. The summed E-state index contributed by atoms with van der Waals surface area (Å²) in [6.07, 6.45) is 1.91. The maximum Gasteiger partial charge on any atom is 0.300 e. The number of ketones is 1. The van der Waals surface area contributed by atoms with Gasteiger partial charge < -0.3 is 19.1 Å². The predicted octanol–water partition coefficient (Wildman–Crippen LogP) is 5.85. The summed E-state index contributed by atoms with van der Waals surface area (Å²) in [6, 6.07) is 20.9. The molecule has 0 aliphatic carbocycles. The minimum absolute atomic E-state index is 0.0324. The highest BCUT2D eigenvalue weighted by Crippen LogP contribution is 2.45. The quantitative estimate of drug-likeness (QED) is 0.192. The molecule has 0 radical (unpaired) electrons. The van der Waals surface area contributed by atoms with Crippen LogP contribution >= 0.6 is 0 Å². The minimum atomic E-state index is -0.843. The van der Waals surface area contributed by atoms with Gasteiger partial charge >= 0.3 is 0 Å². The smallest absolute Gasteiger partial charge is 0.300 e. The molecule has 4 aromatic rings. The van der Waals surface area contributed by atoms with Crippen molar-refractivity contribution in [2.75, 3.05) is 18.6 Å². The fourth-order valence-corrected chi connectivity index (χ4v) is 4.87. The summed E-state index contributed by atoms with van der Waals surface area (Å²) in [5.41, 5.74) is 2.65. The Kier molecular flexibility index (Phi) is 6.68. The molecule has 1 aliphatic rings. The first-order chi connectivity index (χ1) is 18.3. The Bertz CT molecular complexity index is 1550. The molecular formula is C31H30N2O5. The molecule has 0 saturated carbocycles. The molecule has 0 bridgehead atoms. The molecule has 194 valence electrons. The number of Topliss-reactive ketones (excluding diaryl/α,β-unsaturated/α-hetero) is 1. The van der Waals surface area contributed by atoms with Crippen LogP contribution in [0, 0.1) is 5.92 Å². The Hall–Kier alpha value is -4.52. The predicted molar refractivity (Wildman–Crippen MR) is 147 cm³/mol. The molecule has 1 N–H and O–H groups in total. The van der Waals surface area contributed by atoms with Crippen molar-refractivity contribution in [1.82, 2.24) is 4.57 Å². The number of rotatable bonds is 7. The summed E-state index contributed by atoms with van der Waals surface area (Å²) in [5, 5.41) is 12.4. The lowest BCUT2D eigenvalue weighted by Crippen LogP contribution is -2.29. The second-order valence-corrected chi connectivity index (χ2v) is 9.81. The number of carbonyl (C=O) groups excluding carboxylic acids is 2. The van der Waals surface area contributed by atoms with Gasteiger partial charge in [0.05, 0.1) is 25.3 Å². The standard InChI is InChI=1S/C31H30N2O5/c1-19(2)18-38-22-14-12-20(13-15-22)29(34)27-28(25-17-32(3)26-11-6-5-10-24(25)26)33(31(36)30(27)35)21-8-7-9-23(16-21)37-4/h5-17,19,28,34H,18H2,1-4H3/b29-27+. The van der Waals surface area contributed by atoms with Crippen LogP contribution in [0.1, 0.15) is 31.0 Å². The van der Waals surface area contributed by atoms with Crippen LogP contribution in [0.3, 0.4) is 0 Å². The average molecular weight is 511 g/mol. The van der Waals surface area contributed by atoms with Gasteiger partial charge in [0, 0.05) is 47.0 Å². The van der Waals surface area contributed by atoms with Crippen LogP contribution in [0.5, 0.6) is 11.5 Å². The molecule has 1 fully saturated rings. The van der Waals surface area contributed by atoms with E-state index in [1.54, 1.807) is 55.6 Å². The van der Waals surface area contributed by atoms with Crippen LogP contribution in [-0.2, 0) is 16.6 Å². The number of anilines is 1. The number of ether oxygens (including phenoxy) is 2. The first-order valence-corrected chi connectivity index (χ1v) is 12.5. The van der Waals surface area contributed by atoms with Gasteiger partial charge in [0.2, 0.25) is 0 Å². The molecule has 3 aromatic carbocycles. The molecule has 5 rings (SSSR count). The molecule has 0 spiro atoms. The van der Waals surface area contributed by atoms with Crippen LogP contribution in [0.4, 0.5) is 5.69 Å². The first-order valence-electron chi connectivity index (χ1n) is 12.5. The van der Waals surface area contributed by atoms with Gasteiger partial charge in [-0.05, 0) is 48.4 Å². The van der Waals surface area contributed by atoms with Crippen molar-refractivity contribution in [1.29, 1.82) is 0 Å². The van der Waals surface area contributed by atoms with Crippen molar-refractivity contribution >= 4 is 34.0 Å². The maximum atomic E-state index is 13.6. The molecule has 1 aliphatic heterocycles. The van der Waals surface area contributed by atoms with Gasteiger partial charge in [0.1, 0.15) is 17.3 Å². The van der Waals surface area contributed by atoms with Gasteiger partial charge in [-0.2, -0.15) is 0 Å². The SMILES string of the molecule is COc1cccc(N2C(=O)C(=O)/C(=C(/O)c3ccc(OCC(C)C)cc3)C2c2cn(C)c3ccccc23)c1. The largest absolute Gasteiger partial charge is 0.507 e. The number of para-hydroxylation sites is 1. The van der Waals surface area contributed by atoms with E-state index in [2.05, 4.69) is 13.8 Å². The van der Waals surface area contributed by atoms with Gasteiger partial charge in [-0.1, -0.05) is 38.1 Å².